The lowest BCUT2D eigenvalue weighted by Gasteiger charge is -2.27. The number of nitrogens with one attached hydrogen (secondary N) is 2. The van der Waals surface area contributed by atoms with Gasteiger partial charge in [-0.15, -0.1) is 24.2 Å². The van der Waals surface area contributed by atoms with E-state index in [-0.39, 0.29) is 30.0 Å². The van der Waals surface area contributed by atoms with E-state index >= 15 is 0 Å². The Morgan fingerprint density at radius 3 is 2.92 bits per heavy atom. The molecule has 2 unspecified atom stereocenters. The Morgan fingerprint density at radius 1 is 1.38 bits per heavy atom. The number of hydrogen-bond acceptors (Lipinski definition) is 6. The summed E-state index contributed by atoms with van der Waals surface area (Å²) in [6.45, 7) is 3.64. The second-order valence-electron chi connectivity index (χ2n) is 6.04. The fraction of sp³-hybridized carbons (Fsp3) is 0.667. The number of carbonyl (C=O) groups excluding carboxylic acids is 2. The summed E-state index contributed by atoms with van der Waals surface area (Å²) in [6.07, 6.45) is 3.22. The number of fused-ring (bicyclic) bond motifs is 2. The number of anilines is 1. The third-order valence-corrected chi connectivity index (χ3v) is 5.21. The Balaban J connectivity index is 0.00000208. The maximum Gasteiger partial charge on any atom is 0.235 e. The molecule has 2 aliphatic heterocycles. The zero-order valence-electron chi connectivity index (χ0n) is 13.6. The molecule has 2 atom stereocenters. The molecule has 3 rings (SSSR count). The van der Waals surface area contributed by atoms with E-state index in [0.717, 1.165) is 32.4 Å². The molecule has 24 heavy (non-hydrogen) atoms. The molecule has 3 heterocycles. The van der Waals surface area contributed by atoms with Gasteiger partial charge in [0.15, 0.2) is 5.82 Å². The number of aromatic nitrogens is 1. The van der Waals surface area contributed by atoms with Crippen LogP contribution in [0.1, 0.15) is 25.0 Å². The van der Waals surface area contributed by atoms with Crippen molar-refractivity contribution in [3.63, 3.8) is 0 Å². The SMILES string of the molecule is Cc1cc(NC(=O)CSCC(=O)N2C3CCNCC2CC3)no1.Cl. The molecular weight excluding hydrogens is 352 g/mol. The number of rotatable bonds is 5. The molecular formula is C15H23ClN4O3S. The van der Waals surface area contributed by atoms with E-state index in [1.165, 1.54) is 11.8 Å². The molecule has 1 aromatic rings. The maximum absolute atomic E-state index is 12.5. The molecule has 2 N–H and O–H groups in total. The topological polar surface area (TPSA) is 87.5 Å². The van der Waals surface area contributed by atoms with Crippen LogP contribution < -0.4 is 10.6 Å². The largest absolute Gasteiger partial charge is 0.360 e. The number of hydrogen-bond donors (Lipinski definition) is 2. The van der Waals surface area contributed by atoms with Gasteiger partial charge in [-0.2, -0.15) is 0 Å². The molecule has 2 amide bonds. The van der Waals surface area contributed by atoms with Crippen LogP contribution in [0.25, 0.3) is 0 Å². The number of nitrogens with zero attached hydrogens (tertiary/aromatic N) is 2. The highest BCUT2D eigenvalue weighted by atomic mass is 35.5. The monoisotopic (exact) mass is 374 g/mol. The summed E-state index contributed by atoms with van der Waals surface area (Å²) in [5, 5.41) is 9.76. The van der Waals surface area contributed by atoms with Gasteiger partial charge in [0, 0.05) is 24.7 Å². The lowest BCUT2D eigenvalue weighted by atomic mass is 10.1. The molecule has 2 bridgehead atoms. The zero-order chi connectivity index (χ0) is 16.2. The van der Waals surface area contributed by atoms with Crippen molar-refractivity contribution in [3.05, 3.63) is 11.8 Å². The van der Waals surface area contributed by atoms with E-state index in [9.17, 15) is 9.59 Å². The number of carbonyl (C=O) groups is 2. The van der Waals surface area contributed by atoms with Crippen LogP contribution in [0.15, 0.2) is 10.6 Å². The van der Waals surface area contributed by atoms with Crippen molar-refractivity contribution in [2.24, 2.45) is 0 Å². The van der Waals surface area contributed by atoms with E-state index in [4.69, 9.17) is 4.52 Å². The third kappa shape index (κ3) is 4.64. The molecule has 2 fully saturated rings. The van der Waals surface area contributed by atoms with Crippen LogP contribution in [0.5, 0.6) is 0 Å². The first kappa shape index (κ1) is 19.1. The number of aryl methyl sites for hydroxylation is 1. The highest BCUT2D eigenvalue weighted by Crippen LogP contribution is 2.28. The van der Waals surface area contributed by atoms with Crippen LogP contribution in [-0.4, -0.2) is 58.5 Å². The molecule has 0 radical (unpaired) electrons. The standard InChI is InChI=1S/C15H22N4O3S.ClH/c1-10-6-13(18-22-10)17-14(20)8-23-9-15(21)19-11-2-3-12(19)7-16-5-4-11;/h6,11-12,16H,2-5,7-9H2,1H3,(H,17,18,20);1H. The van der Waals surface area contributed by atoms with Gasteiger partial charge < -0.3 is 20.1 Å². The van der Waals surface area contributed by atoms with Crippen LogP contribution in [0.4, 0.5) is 5.82 Å². The number of amides is 2. The Labute approximate surface area is 151 Å². The average Bonchev–Trinajstić information content (AvgIpc) is 3.00. The Hall–Kier alpha value is -1.25. The molecule has 1 aromatic heterocycles. The van der Waals surface area contributed by atoms with Gasteiger partial charge in [0.1, 0.15) is 5.76 Å². The summed E-state index contributed by atoms with van der Waals surface area (Å²) in [4.78, 5) is 26.3. The third-order valence-electron chi connectivity index (χ3n) is 4.30. The van der Waals surface area contributed by atoms with Crippen LogP contribution in [0, 0.1) is 6.92 Å². The molecule has 7 nitrogen and oxygen atoms in total. The summed E-state index contributed by atoms with van der Waals surface area (Å²) in [7, 11) is 0. The van der Waals surface area contributed by atoms with Crippen molar-refractivity contribution in [1.29, 1.82) is 0 Å². The number of halogens is 1. The van der Waals surface area contributed by atoms with Gasteiger partial charge in [0.25, 0.3) is 0 Å². The number of thioether (sulfide) groups is 1. The molecule has 9 heteroatoms. The fourth-order valence-corrected chi connectivity index (χ4v) is 3.98. The van der Waals surface area contributed by atoms with Gasteiger partial charge in [-0.3, -0.25) is 9.59 Å². The minimum Gasteiger partial charge on any atom is -0.360 e. The predicted molar refractivity (Wildman–Crippen MR) is 95.6 cm³/mol. The fourth-order valence-electron chi connectivity index (χ4n) is 3.30. The Kier molecular flexibility index (Phi) is 6.94. The zero-order valence-corrected chi connectivity index (χ0v) is 15.3. The molecule has 0 aliphatic carbocycles. The van der Waals surface area contributed by atoms with Gasteiger partial charge in [-0.05, 0) is 32.7 Å². The summed E-state index contributed by atoms with van der Waals surface area (Å²) in [5.41, 5.74) is 0. The van der Waals surface area contributed by atoms with Crippen LogP contribution in [0.3, 0.4) is 0 Å². The summed E-state index contributed by atoms with van der Waals surface area (Å²) in [5.74, 6) is 1.62. The normalized spacial score (nSPS) is 22.6. The summed E-state index contributed by atoms with van der Waals surface area (Å²) in [6, 6.07) is 2.35. The second kappa shape index (κ2) is 8.73. The summed E-state index contributed by atoms with van der Waals surface area (Å²) >= 11 is 1.35. The van der Waals surface area contributed by atoms with Crippen molar-refractivity contribution in [3.8, 4) is 0 Å². The summed E-state index contributed by atoms with van der Waals surface area (Å²) < 4.78 is 4.89. The minimum atomic E-state index is -0.170. The second-order valence-corrected chi connectivity index (χ2v) is 7.03. The van der Waals surface area contributed by atoms with Gasteiger partial charge in [-0.25, -0.2) is 0 Å². The van der Waals surface area contributed by atoms with E-state index in [1.54, 1.807) is 13.0 Å². The van der Waals surface area contributed by atoms with Crippen molar-refractivity contribution >= 4 is 41.8 Å². The predicted octanol–water partition coefficient (Wildman–Crippen LogP) is 1.43. The molecule has 134 valence electrons. The van der Waals surface area contributed by atoms with E-state index in [1.807, 2.05) is 4.90 Å². The van der Waals surface area contributed by atoms with Crippen LogP contribution in [-0.2, 0) is 9.59 Å². The van der Waals surface area contributed by atoms with E-state index in [0.29, 0.717) is 29.4 Å². The Morgan fingerprint density at radius 2 is 2.17 bits per heavy atom. The molecule has 0 spiro atoms. The van der Waals surface area contributed by atoms with Gasteiger partial charge >= 0.3 is 0 Å². The quantitative estimate of drug-likeness (QED) is 0.810. The smallest absolute Gasteiger partial charge is 0.235 e. The van der Waals surface area contributed by atoms with Crippen LogP contribution in [0.2, 0.25) is 0 Å². The minimum absolute atomic E-state index is 0. The van der Waals surface area contributed by atoms with Gasteiger partial charge in [-0.1, -0.05) is 5.16 Å². The van der Waals surface area contributed by atoms with Crippen molar-refractivity contribution in [1.82, 2.24) is 15.4 Å². The molecule has 0 saturated carbocycles. The van der Waals surface area contributed by atoms with Crippen molar-refractivity contribution < 1.29 is 14.1 Å². The van der Waals surface area contributed by atoms with Crippen molar-refractivity contribution in [2.45, 2.75) is 38.3 Å². The first-order valence-corrected chi connectivity index (χ1v) is 9.12. The molecule has 0 aromatic carbocycles. The molecule has 2 saturated heterocycles. The van der Waals surface area contributed by atoms with Gasteiger partial charge in [0.05, 0.1) is 11.5 Å². The average molecular weight is 375 g/mol. The van der Waals surface area contributed by atoms with Gasteiger partial charge in [0.2, 0.25) is 11.8 Å². The van der Waals surface area contributed by atoms with E-state index < -0.39 is 0 Å². The van der Waals surface area contributed by atoms with E-state index in [2.05, 4.69) is 15.8 Å². The van der Waals surface area contributed by atoms with Crippen molar-refractivity contribution in [2.75, 3.05) is 29.9 Å². The first-order valence-electron chi connectivity index (χ1n) is 7.96. The molecule has 2 aliphatic rings. The maximum atomic E-state index is 12.5. The lowest BCUT2D eigenvalue weighted by Crippen LogP contribution is -2.43. The highest BCUT2D eigenvalue weighted by molar-refractivity contribution is 8.00. The highest BCUT2D eigenvalue weighted by Gasteiger charge is 2.37. The Bertz CT molecular complexity index is 569. The van der Waals surface area contributed by atoms with Crippen LogP contribution >= 0.6 is 24.2 Å². The lowest BCUT2D eigenvalue weighted by molar-refractivity contribution is -0.130. The first-order chi connectivity index (χ1) is 11.1.